The Kier molecular flexibility index (Phi) is 12.3. The minimum absolute atomic E-state index is 0.674. The molecule has 0 aromatic rings. The maximum absolute atomic E-state index is 10.8. The third-order valence-electron chi connectivity index (χ3n) is 6.27. The molecule has 0 saturated carbocycles. The third kappa shape index (κ3) is 6.51. The van der Waals surface area contributed by atoms with Crippen molar-refractivity contribution in [2.75, 3.05) is 20.3 Å². The van der Waals surface area contributed by atoms with Gasteiger partial charge in [-0.3, -0.25) is 0 Å². The Hall–Kier alpha value is -0.600. The Bertz CT molecular complexity index is 640. The van der Waals surface area contributed by atoms with Crippen molar-refractivity contribution in [2.45, 2.75) is 113 Å². The van der Waals surface area contributed by atoms with Gasteiger partial charge in [0.15, 0.2) is 18.9 Å². The molecule has 36 heavy (non-hydrogen) atoms. The molecule has 0 aromatic heterocycles. The van der Waals surface area contributed by atoms with Crippen molar-refractivity contribution in [1.82, 2.24) is 0 Å². The van der Waals surface area contributed by atoms with Gasteiger partial charge in [-0.2, -0.15) is 0 Å². The molecule has 3 aliphatic heterocycles. The molecule has 3 saturated heterocycles. The number of methoxy groups -OCH3 is 1. The van der Waals surface area contributed by atoms with E-state index in [-0.39, 0.29) is 0 Å². The highest BCUT2D eigenvalue weighted by molar-refractivity contribution is 4.96. The van der Waals surface area contributed by atoms with Gasteiger partial charge in [0.2, 0.25) is 0 Å². The van der Waals surface area contributed by atoms with Crippen LogP contribution in [0.25, 0.3) is 0 Å². The van der Waals surface area contributed by atoms with Crippen molar-refractivity contribution in [3.63, 3.8) is 0 Å². The van der Waals surface area contributed by atoms with Gasteiger partial charge in [-0.05, 0) is 6.92 Å². The van der Waals surface area contributed by atoms with E-state index in [1.807, 2.05) is 13.8 Å². The van der Waals surface area contributed by atoms with E-state index in [1.165, 1.54) is 14.0 Å². The molecule has 0 amide bonds. The second-order valence-corrected chi connectivity index (χ2v) is 8.53. The summed E-state index contributed by atoms with van der Waals surface area (Å²) in [6.45, 7) is 4.04. The first-order valence-electron chi connectivity index (χ1n) is 11.8. The summed E-state index contributed by atoms with van der Waals surface area (Å²) in [5.74, 6) is 0. The lowest BCUT2D eigenvalue weighted by Gasteiger charge is -2.48. The van der Waals surface area contributed by atoms with Gasteiger partial charge >= 0.3 is 0 Å². The van der Waals surface area contributed by atoms with Crippen LogP contribution in [0.5, 0.6) is 0 Å². The second-order valence-electron chi connectivity index (χ2n) is 8.53. The Morgan fingerprint density at radius 2 is 1.00 bits per heavy atom. The lowest BCUT2D eigenvalue weighted by molar-refractivity contribution is -0.388. The molecule has 3 rings (SSSR count). The molecule has 15 atom stereocenters. The topological polar surface area (TPSA) is 237 Å². The average molecular weight is 533 g/mol. The van der Waals surface area contributed by atoms with E-state index in [0.717, 1.165) is 0 Å². The summed E-state index contributed by atoms with van der Waals surface area (Å²) in [7, 11) is 1.22. The van der Waals surface area contributed by atoms with Gasteiger partial charge in [0.25, 0.3) is 0 Å². The Labute approximate surface area is 208 Å². The lowest BCUT2D eigenvalue weighted by atomic mass is 9.96. The molecule has 0 spiro atoms. The molecule has 0 bridgehead atoms. The maximum Gasteiger partial charge on any atom is 0.187 e. The van der Waals surface area contributed by atoms with Crippen LogP contribution in [0.15, 0.2) is 0 Å². The molecule has 3 heterocycles. The molecule has 9 N–H and O–H groups in total. The highest BCUT2D eigenvalue weighted by atomic mass is 16.8. The quantitative estimate of drug-likeness (QED) is 0.149. The fraction of sp³-hybridized carbons (Fsp3) is 1.00. The monoisotopic (exact) mass is 532 g/mol. The summed E-state index contributed by atoms with van der Waals surface area (Å²) in [5, 5.41) is 90.4. The van der Waals surface area contributed by atoms with Gasteiger partial charge in [-0.25, -0.2) is 0 Å². The van der Waals surface area contributed by atoms with Gasteiger partial charge in [-0.15, -0.1) is 0 Å². The van der Waals surface area contributed by atoms with Gasteiger partial charge in [-0.1, -0.05) is 13.8 Å². The fourth-order valence-corrected chi connectivity index (χ4v) is 4.15. The molecule has 214 valence electrons. The van der Waals surface area contributed by atoms with Gasteiger partial charge in [0.05, 0.1) is 19.3 Å². The summed E-state index contributed by atoms with van der Waals surface area (Å²) >= 11 is 0. The molecule has 0 aliphatic carbocycles. The fourth-order valence-electron chi connectivity index (χ4n) is 4.15. The van der Waals surface area contributed by atoms with Crippen molar-refractivity contribution < 1.29 is 74.4 Å². The minimum Gasteiger partial charge on any atom is -0.394 e. The van der Waals surface area contributed by atoms with E-state index < -0.39 is 105 Å². The largest absolute Gasteiger partial charge is 0.394 e. The van der Waals surface area contributed by atoms with Crippen molar-refractivity contribution >= 4 is 0 Å². The van der Waals surface area contributed by atoms with Gasteiger partial charge < -0.3 is 74.4 Å². The molecule has 3 fully saturated rings. The highest BCUT2D eigenvalue weighted by Gasteiger charge is 2.54. The van der Waals surface area contributed by atoms with Crippen molar-refractivity contribution in [2.24, 2.45) is 0 Å². The number of aliphatic hydroxyl groups excluding tert-OH is 9. The zero-order chi connectivity index (χ0) is 27.3. The summed E-state index contributed by atoms with van der Waals surface area (Å²) in [6, 6.07) is 0. The van der Waals surface area contributed by atoms with Gasteiger partial charge in [0, 0.05) is 7.11 Å². The number of hydrogen-bond acceptors (Lipinski definition) is 15. The first-order valence-corrected chi connectivity index (χ1v) is 11.8. The lowest BCUT2D eigenvalue weighted by Crippen LogP contribution is -2.66. The zero-order valence-corrected chi connectivity index (χ0v) is 20.5. The van der Waals surface area contributed by atoms with E-state index in [4.69, 9.17) is 28.4 Å². The zero-order valence-electron chi connectivity index (χ0n) is 20.5. The van der Waals surface area contributed by atoms with Crippen molar-refractivity contribution in [1.29, 1.82) is 0 Å². The normalized spacial score (nSPS) is 49.8. The van der Waals surface area contributed by atoms with Crippen molar-refractivity contribution in [3.05, 3.63) is 0 Å². The van der Waals surface area contributed by atoms with E-state index in [1.54, 1.807) is 0 Å². The van der Waals surface area contributed by atoms with E-state index in [2.05, 4.69) is 0 Å². The molecule has 0 radical (unpaired) electrons. The van der Waals surface area contributed by atoms with Crippen LogP contribution in [-0.2, 0) is 28.4 Å². The maximum atomic E-state index is 10.8. The number of hydrogen-bond donors (Lipinski definition) is 9. The van der Waals surface area contributed by atoms with Crippen LogP contribution in [0.3, 0.4) is 0 Å². The number of rotatable bonds is 7. The Balaban J connectivity index is 0.00000222. The first kappa shape index (κ1) is 31.6. The smallest absolute Gasteiger partial charge is 0.187 e. The van der Waals surface area contributed by atoms with E-state index in [9.17, 15) is 46.0 Å². The van der Waals surface area contributed by atoms with Crippen LogP contribution >= 0.6 is 0 Å². The van der Waals surface area contributed by atoms with Crippen LogP contribution < -0.4 is 0 Å². The Morgan fingerprint density at radius 1 is 0.556 bits per heavy atom. The molecule has 0 aromatic carbocycles. The molecular weight excluding hydrogens is 492 g/mol. The summed E-state index contributed by atoms with van der Waals surface area (Å²) < 4.78 is 32.9. The summed E-state index contributed by atoms with van der Waals surface area (Å²) in [5.41, 5.74) is 0. The third-order valence-corrected chi connectivity index (χ3v) is 6.27. The number of ether oxygens (including phenoxy) is 6. The van der Waals surface area contributed by atoms with Gasteiger partial charge in [0.1, 0.15) is 67.1 Å². The average Bonchev–Trinajstić information content (AvgIpc) is 2.89. The van der Waals surface area contributed by atoms with E-state index >= 15 is 0 Å². The molecule has 15 nitrogen and oxygen atoms in total. The van der Waals surface area contributed by atoms with Crippen LogP contribution in [0, 0.1) is 0 Å². The van der Waals surface area contributed by atoms with E-state index in [0.29, 0.717) is 0 Å². The SMILES string of the molecule is CC.COC1OC(CO)C(O)C(OC2OC(CO)C(O)C(O)C2O)C1OC1OC(C)C(O)C(O)C1O. The van der Waals surface area contributed by atoms with Crippen LogP contribution in [0.4, 0.5) is 0 Å². The predicted molar refractivity (Wildman–Crippen MR) is 116 cm³/mol. The van der Waals surface area contributed by atoms with Crippen LogP contribution in [-0.4, -0.2) is 158 Å². The minimum atomic E-state index is -1.81. The highest BCUT2D eigenvalue weighted by Crippen LogP contribution is 2.33. The first-order chi connectivity index (χ1) is 17.0. The standard InChI is InChI=1S/C19H34O15.C2H6/c1-5-8(22)11(25)13(27)17(30-5)34-16-15(10(24)7(4-21)32-19(16)29-2)33-18-14(28)12(26)9(23)6(3-20)31-18;1-2/h5-28H,3-4H2,1-2H3;1-2H3. The van der Waals surface area contributed by atoms with Crippen molar-refractivity contribution in [3.8, 4) is 0 Å². The molecule has 15 heteroatoms. The Morgan fingerprint density at radius 3 is 1.53 bits per heavy atom. The summed E-state index contributed by atoms with van der Waals surface area (Å²) in [6.07, 6.45) is -22.6. The predicted octanol–water partition coefficient (Wildman–Crippen LogP) is -4.87. The summed E-state index contributed by atoms with van der Waals surface area (Å²) in [4.78, 5) is 0. The second kappa shape index (κ2) is 14.0. The molecule has 3 aliphatic rings. The van der Waals surface area contributed by atoms with Crippen LogP contribution in [0.2, 0.25) is 0 Å². The molecular formula is C21H40O15. The van der Waals surface area contributed by atoms with Crippen LogP contribution in [0.1, 0.15) is 20.8 Å². The molecule has 15 unspecified atom stereocenters. The number of aliphatic hydroxyl groups is 9.